The molecule has 1 aromatic carbocycles. The Balaban J connectivity index is 1.82. The lowest BCUT2D eigenvalue weighted by Gasteiger charge is -2.12. The van der Waals surface area contributed by atoms with Crippen LogP contribution in [0.3, 0.4) is 0 Å². The van der Waals surface area contributed by atoms with Crippen LogP contribution < -0.4 is 4.72 Å². The lowest BCUT2D eigenvalue weighted by atomic mass is 10.2. The number of ether oxygens (including phenoxy) is 2. The molecule has 1 aromatic rings. The van der Waals surface area contributed by atoms with Gasteiger partial charge < -0.3 is 9.47 Å². The summed E-state index contributed by atoms with van der Waals surface area (Å²) in [7, 11) is -4.05. The molecular formula is C15H19ClF3NO4S. The highest BCUT2D eigenvalue weighted by Crippen LogP contribution is 2.35. The number of sulfonamides is 1. The van der Waals surface area contributed by atoms with Crippen LogP contribution in [0.4, 0.5) is 13.2 Å². The van der Waals surface area contributed by atoms with Crippen molar-refractivity contribution in [1.82, 2.24) is 4.72 Å². The molecule has 10 heteroatoms. The predicted octanol–water partition coefficient (Wildman–Crippen LogP) is 3.22. The molecule has 1 heterocycles. The van der Waals surface area contributed by atoms with Gasteiger partial charge in [0.25, 0.3) is 0 Å². The third-order valence-corrected chi connectivity index (χ3v) is 5.43. The average molecular weight is 402 g/mol. The van der Waals surface area contributed by atoms with Gasteiger partial charge in [-0.25, -0.2) is 13.1 Å². The van der Waals surface area contributed by atoms with Crippen LogP contribution >= 0.6 is 11.6 Å². The molecule has 0 spiro atoms. The molecule has 0 aromatic heterocycles. The van der Waals surface area contributed by atoms with Crippen LogP contribution in [-0.2, 0) is 25.7 Å². The van der Waals surface area contributed by atoms with Gasteiger partial charge in [0.2, 0.25) is 10.0 Å². The fourth-order valence-electron chi connectivity index (χ4n) is 2.34. The molecule has 1 aliphatic heterocycles. The van der Waals surface area contributed by atoms with Crippen LogP contribution in [-0.4, -0.2) is 40.9 Å². The van der Waals surface area contributed by atoms with Crippen molar-refractivity contribution in [3.63, 3.8) is 0 Å². The molecule has 2 rings (SSSR count). The minimum absolute atomic E-state index is 0.0534. The quantitative estimate of drug-likeness (QED) is 0.679. The number of halogens is 4. The van der Waals surface area contributed by atoms with E-state index in [0.29, 0.717) is 25.7 Å². The van der Waals surface area contributed by atoms with Gasteiger partial charge in [-0.05, 0) is 37.5 Å². The fourth-order valence-corrected chi connectivity index (χ4v) is 3.67. The van der Waals surface area contributed by atoms with E-state index in [1.165, 1.54) is 0 Å². The third kappa shape index (κ3) is 6.10. The number of benzene rings is 1. The zero-order valence-corrected chi connectivity index (χ0v) is 14.9. The summed E-state index contributed by atoms with van der Waals surface area (Å²) in [6.45, 7) is 1.57. The Morgan fingerprint density at radius 2 is 2.12 bits per heavy atom. The second kappa shape index (κ2) is 8.68. The molecule has 0 saturated carbocycles. The van der Waals surface area contributed by atoms with Crippen LogP contribution in [0.5, 0.6) is 0 Å². The molecule has 1 fully saturated rings. The van der Waals surface area contributed by atoms with E-state index in [4.69, 9.17) is 21.1 Å². The summed E-state index contributed by atoms with van der Waals surface area (Å²) in [4.78, 5) is -0.482. The Hall–Kier alpha value is -0.870. The smallest absolute Gasteiger partial charge is 0.379 e. The van der Waals surface area contributed by atoms with Crippen molar-refractivity contribution in [3.05, 3.63) is 28.8 Å². The highest BCUT2D eigenvalue weighted by molar-refractivity contribution is 7.89. The maximum atomic E-state index is 12.8. The van der Waals surface area contributed by atoms with Crippen LogP contribution in [0.15, 0.2) is 23.1 Å². The maximum Gasteiger partial charge on any atom is 0.417 e. The van der Waals surface area contributed by atoms with E-state index >= 15 is 0 Å². The maximum absolute atomic E-state index is 12.8. The van der Waals surface area contributed by atoms with Crippen LogP contribution in [0, 0.1) is 0 Å². The van der Waals surface area contributed by atoms with Gasteiger partial charge in [-0.3, -0.25) is 0 Å². The molecule has 0 radical (unpaired) electrons. The third-order valence-electron chi connectivity index (χ3n) is 3.64. The first-order chi connectivity index (χ1) is 11.7. The van der Waals surface area contributed by atoms with E-state index in [1.807, 2.05) is 0 Å². The summed E-state index contributed by atoms with van der Waals surface area (Å²) in [6, 6.07) is 2.48. The van der Waals surface area contributed by atoms with Gasteiger partial charge >= 0.3 is 6.18 Å². The molecule has 1 saturated heterocycles. The summed E-state index contributed by atoms with van der Waals surface area (Å²) >= 11 is 5.48. The van der Waals surface area contributed by atoms with E-state index in [9.17, 15) is 21.6 Å². The Bertz CT molecular complexity index is 676. The monoisotopic (exact) mass is 401 g/mol. The number of nitrogens with one attached hydrogen (secondary N) is 1. The first kappa shape index (κ1) is 20.4. The van der Waals surface area contributed by atoms with E-state index in [1.54, 1.807) is 0 Å². The van der Waals surface area contributed by atoms with E-state index in [2.05, 4.69) is 4.72 Å². The molecule has 25 heavy (non-hydrogen) atoms. The van der Waals surface area contributed by atoms with E-state index in [-0.39, 0.29) is 12.6 Å². The molecule has 0 bridgehead atoms. The summed E-state index contributed by atoms with van der Waals surface area (Å²) in [5, 5.41) is -0.547. The molecule has 1 aliphatic rings. The zero-order chi connectivity index (χ0) is 18.5. The largest absolute Gasteiger partial charge is 0.417 e. The second-order valence-electron chi connectivity index (χ2n) is 5.60. The topological polar surface area (TPSA) is 64.6 Å². The van der Waals surface area contributed by atoms with Gasteiger partial charge in [0.05, 0.1) is 28.2 Å². The van der Waals surface area contributed by atoms with Gasteiger partial charge in [-0.1, -0.05) is 11.6 Å². The van der Waals surface area contributed by atoms with Crippen molar-refractivity contribution in [2.45, 2.75) is 36.4 Å². The normalized spacial score (nSPS) is 18.6. The van der Waals surface area contributed by atoms with Gasteiger partial charge in [0.15, 0.2) is 0 Å². The van der Waals surface area contributed by atoms with Crippen molar-refractivity contribution in [2.75, 3.05) is 26.4 Å². The Morgan fingerprint density at radius 1 is 1.36 bits per heavy atom. The van der Waals surface area contributed by atoms with Gasteiger partial charge in [0, 0.05) is 19.8 Å². The molecule has 1 N–H and O–H groups in total. The minimum atomic E-state index is -4.72. The number of rotatable bonds is 8. The molecule has 0 amide bonds. The van der Waals surface area contributed by atoms with E-state index in [0.717, 1.165) is 31.6 Å². The lowest BCUT2D eigenvalue weighted by molar-refractivity contribution is -0.137. The number of alkyl halides is 3. The summed E-state index contributed by atoms with van der Waals surface area (Å²) in [6.07, 6.45) is -2.28. The first-order valence-corrected chi connectivity index (χ1v) is 9.62. The van der Waals surface area contributed by atoms with Gasteiger partial charge in [-0.2, -0.15) is 13.2 Å². The van der Waals surface area contributed by atoms with E-state index < -0.39 is 31.7 Å². The van der Waals surface area contributed by atoms with Crippen molar-refractivity contribution in [3.8, 4) is 0 Å². The first-order valence-electron chi connectivity index (χ1n) is 7.76. The standard InChI is InChI=1S/C15H19ClF3NO4S/c16-14-5-4-12(9-13(14)15(17,18)19)25(21,22)20-6-2-7-23-10-11-3-1-8-24-11/h4-5,9,11,20H,1-3,6-8,10H2/t11-/m1/s1. The molecule has 5 nitrogen and oxygen atoms in total. The zero-order valence-electron chi connectivity index (χ0n) is 13.3. The molecule has 0 aliphatic carbocycles. The summed E-state index contributed by atoms with van der Waals surface area (Å²) in [5.41, 5.74) is -1.18. The second-order valence-corrected chi connectivity index (χ2v) is 7.77. The highest BCUT2D eigenvalue weighted by atomic mass is 35.5. The Kier molecular flexibility index (Phi) is 7.10. The van der Waals surface area contributed by atoms with Gasteiger partial charge in [0.1, 0.15) is 0 Å². The van der Waals surface area contributed by atoms with Crippen LogP contribution in [0.25, 0.3) is 0 Å². The van der Waals surface area contributed by atoms with Crippen molar-refractivity contribution in [2.24, 2.45) is 0 Å². The van der Waals surface area contributed by atoms with Gasteiger partial charge in [-0.15, -0.1) is 0 Å². The van der Waals surface area contributed by atoms with Crippen LogP contribution in [0.1, 0.15) is 24.8 Å². The fraction of sp³-hybridized carbons (Fsp3) is 0.600. The molecule has 1 atom stereocenters. The average Bonchev–Trinajstić information content (AvgIpc) is 3.03. The van der Waals surface area contributed by atoms with Crippen molar-refractivity contribution >= 4 is 21.6 Å². The SMILES string of the molecule is O=S(=O)(NCCCOC[C@H]1CCCO1)c1ccc(Cl)c(C(F)(F)F)c1. The van der Waals surface area contributed by atoms with Crippen LogP contribution in [0.2, 0.25) is 5.02 Å². The highest BCUT2D eigenvalue weighted by Gasteiger charge is 2.34. The van der Waals surface area contributed by atoms with Crippen molar-refractivity contribution < 1.29 is 31.1 Å². The summed E-state index contributed by atoms with van der Waals surface area (Å²) in [5.74, 6) is 0. The Morgan fingerprint density at radius 3 is 2.76 bits per heavy atom. The minimum Gasteiger partial charge on any atom is -0.379 e. The van der Waals surface area contributed by atoms with Crippen molar-refractivity contribution in [1.29, 1.82) is 0 Å². The number of hydrogen-bond donors (Lipinski definition) is 1. The predicted molar refractivity (Wildman–Crippen MR) is 86.1 cm³/mol. The Labute approximate surface area is 149 Å². The lowest BCUT2D eigenvalue weighted by Crippen LogP contribution is -2.26. The number of hydrogen-bond acceptors (Lipinski definition) is 4. The summed E-state index contributed by atoms with van der Waals surface area (Å²) < 4.78 is 75.6. The molecule has 142 valence electrons. The molecule has 0 unspecified atom stereocenters. The molecular weight excluding hydrogens is 383 g/mol.